The van der Waals surface area contributed by atoms with Gasteiger partial charge in [0.1, 0.15) is 16.7 Å². The second-order valence-corrected chi connectivity index (χ2v) is 7.17. The number of rotatable bonds is 8. The minimum Gasteiger partial charge on any atom is -0.497 e. The number of carbonyl (C=O) groups is 1. The van der Waals surface area contributed by atoms with Crippen LogP contribution < -0.4 is 9.47 Å². The lowest BCUT2D eigenvalue weighted by atomic mass is 10.2. The Balaban J connectivity index is 1.61. The minimum atomic E-state index is -0.355. The van der Waals surface area contributed by atoms with Gasteiger partial charge >= 0.3 is 5.97 Å². The van der Waals surface area contributed by atoms with Crippen LogP contribution in [0, 0.1) is 0 Å². The van der Waals surface area contributed by atoms with Crippen molar-refractivity contribution in [2.24, 2.45) is 0 Å². The molecule has 0 aliphatic heterocycles. The van der Waals surface area contributed by atoms with Gasteiger partial charge in [-0.25, -0.2) is 0 Å². The van der Waals surface area contributed by atoms with Crippen molar-refractivity contribution in [1.29, 1.82) is 0 Å². The van der Waals surface area contributed by atoms with E-state index in [0.717, 1.165) is 4.90 Å². The summed E-state index contributed by atoms with van der Waals surface area (Å²) in [5.41, 5.74) is 0.651. The SMILES string of the molecule is COc1ccc(-c2noc(COC(=O)[C@@H](C)Sc3ccccc3)n2)c(OC)c1. The van der Waals surface area contributed by atoms with Gasteiger partial charge in [0.2, 0.25) is 5.82 Å². The molecule has 1 aromatic heterocycles. The fraction of sp³-hybridized carbons (Fsp3) is 0.250. The van der Waals surface area contributed by atoms with E-state index in [1.807, 2.05) is 30.3 Å². The first-order valence-corrected chi connectivity index (χ1v) is 9.42. The first kappa shape index (κ1) is 19.8. The highest BCUT2D eigenvalue weighted by Gasteiger charge is 2.19. The first-order chi connectivity index (χ1) is 13.6. The van der Waals surface area contributed by atoms with E-state index in [0.29, 0.717) is 22.9 Å². The standard InChI is InChI=1S/C20H20N2O5S/c1-13(28-15-7-5-4-6-8-15)20(23)26-12-18-21-19(22-27-18)16-10-9-14(24-2)11-17(16)25-3/h4-11,13H,12H2,1-3H3/t13-/m1/s1. The number of ether oxygens (including phenoxy) is 3. The van der Waals surface area contributed by atoms with Crippen molar-refractivity contribution in [1.82, 2.24) is 10.1 Å². The molecule has 1 heterocycles. The minimum absolute atomic E-state index is 0.0933. The van der Waals surface area contributed by atoms with Gasteiger partial charge in [0.25, 0.3) is 5.89 Å². The Kier molecular flexibility index (Phi) is 6.54. The zero-order valence-corrected chi connectivity index (χ0v) is 16.6. The van der Waals surface area contributed by atoms with Crippen molar-refractivity contribution >= 4 is 17.7 Å². The van der Waals surface area contributed by atoms with Crippen LogP contribution in [0.2, 0.25) is 0 Å². The number of nitrogens with zero attached hydrogens (tertiary/aromatic N) is 2. The average Bonchev–Trinajstić information content (AvgIpc) is 3.21. The summed E-state index contributed by atoms with van der Waals surface area (Å²) in [5, 5.41) is 3.58. The lowest BCUT2D eigenvalue weighted by molar-refractivity contribution is -0.144. The molecule has 0 saturated heterocycles. The third-order valence-electron chi connectivity index (χ3n) is 3.84. The topological polar surface area (TPSA) is 83.7 Å². The first-order valence-electron chi connectivity index (χ1n) is 8.54. The number of esters is 1. The molecule has 3 aromatic rings. The third-order valence-corrected chi connectivity index (χ3v) is 4.93. The van der Waals surface area contributed by atoms with E-state index >= 15 is 0 Å². The van der Waals surface area contributed by atoms with Crippen LogP contribution >= 0.6 is 11.8 Å². The quantitative estimate of drug-likeness (QED) is 0.415. The fourth-order valence-corrected chi connectivity index (χ4v) is 3.29. The molecule has 7 nitrogen and oxygen atoms in total. The molecule has 0 radical (unpaired) electrons. The molecule has 8 heteroatoms. The molecule has 0 aliphatic carbocycles. The zero-order valence-electron chi connectivity index (χ0n) is 15.7. The number of methoxy groups -OCH3 is 2. The van der Waals surface area contributed by atoms with Crippen LogP contribution in [-0.2, 0) is 16.1 Å². The van der Waals surface area contributed by atoms with Crippen LogP contribution in [0.4, 0.5) is 0 Å². The highest BCUT2D eigenvalue weighted by Crippen LogP contribution is 2.31. The molecule has 0 aliphatic rings. The molecule has 0 amide bonds. The highest BCUT2D eigenvalue weighted by atomic mass is 32.2. The van der Waals surface area contributed by atoms with Crippen molar-refractivity contribution < 1.29 is 23.5 Å². The second kappa shape index (κ2) is 9.27. The Morgan fingerprint density at radius 2 is 1.93 bits per heavy atom. The molecule has 0 unspecified atom stereocenters. The molecule has 146 valence electrons. The Hall–Kier alpha value is -3.00. The average molecular weight is 400 g/mol. The lowest BCUT2D eigenvalue weighted by Gasteiger charge is -2.09. The van der Waals surface area contributed by atoms with Gasteiger partial charge in [-0.1, -0.05) is 23.4 Å². The summed E-state index contributed by atoms with van der Waals surface area (Å²) in [6, 6.07) is 14.9. The number of hydrogen-bond donors (Lipinski definition) is 0. The molecule has 0 N–H and O–H groups in total. The predicted octanol–water partition coefficient (Wildman–Crippen LogP) is 3.98. The monoisotopic (exact) mass is 400 g/mol. The van der Waals surface area contributed by atoms with E-state index in [9.17, 15) is 4.79 Å². The van der Waals surface area contributed by atoms with Crippen LogP contribution in [0.15, 0.2) is 57.9 Å². The molecule has 28 heavy (non-hydrogen) atoms. The maximum Gasteiger partial charge on any atom is 0.319 e. The van der Waals surface area contributed by atoms with Crippen LogP contribution in [0.1, 0.15) is 12.8 Å². The van der Waals surface area contributed by atoms with E-state index in [1.54, 1.807) is 39.3 Å². The Bertz CT molecular complexity index is 929. The molecule has 0 fully saturated rings. The molecule has 2 aromatic carbocycles. The van der Waals surface area contributed by atoms with Gasteiger partial charge in [0.05, 0.1) is 19.8 Å². The predicted molar refractivity (Wildman–Crippen MR) is 104 cm³/mol. The zero-order chi connectivity index (χ0) is 19.9. The number of benzene rings is 2. The lowest BCUT2D eigenvalue weighted by Crippen LogP contribution is -2.16. The van der Waals surface area contributed by atoms with E-state index < -0.39 is 0 Å². The Morgan fingerprint density at radius 1 is 1.14 bits per heavy atom. The third kappa shape index (κ3) is 4.83. The molecular formula is C20H20N2O5S. The van der Waals surface area contributed by atoms with Gasteiger partial charge in [-0.2, -0.15) is 4.98 Å². The van der Waals surface area contributed by atoms with Crippen molar-refractivity contribution in [3.63, 3.8) is 0 Å². The van der Waals surface area contributed by atoms with Gasteiger partial charge in [-0.3, -0.25) is 4.79 Å². The van der Waals surface area contributed by atoms with Crippen LogP contribution in [0.25, 0.3) is 11.4 Å². The van der Waals surface area contributed by atoms with E-state index in [2.05, 4.69) is 10.1 Å². The van der Waals surface area contributed by atoms with Crippen LogP contribution in [0.3, 0.4) is 0 Å². The number of aromatic nitrogens is 2. The smallest absolute Gasteiger partial charge is 0.319 e. The summed E-state index contributed by atoms with van der Waals surface area (Å²) in [7, 11) is 3.12. The molecule has 3 rings (SSSR count). The summed E-state index contributed by atoms with van der Waals surface area (Å²) in [4.78, 5) is 17.5. The largest absolute Gasteiger partial charge is 0.497 e. The molecule has 0 spiro atoms. The van der Waals surface area contributed by atoms with E-state index in [-0.39, 0.29) is 23.7 Å². The van der Waals surface area contributed by atoms with Crippen LogP contribution in [-0.4, -0.2) is 35.6 Å². The Labute approximate surface area is 167 Å². The number of hydrogen-bond acceptors (Lipinski definition) is 8. The van der Waals surface area contributed by atoms with Crippen molar-refractivity contribution in [3.05, 3.63) is 54.4 Å². The van der Waals surface area contributed by atoms with Crippen molar-refractivity contribution in [2.45, 2.75) is 23.7 Å². The highest BCUT2D eigenvalue weighted by molar-refractivity contribution is 8.00. The molecule has 1 atom stereocenters. The molecule has 0 saturated carbocycles. The molecular weight excluding hydrogens is 380 g/mol. The fourth-order valence-electron chi connectivity index (χ4n) is 2.41. The summed E-state index contributed by atoms with van der Waals surface area (Å²) < 4.78 is 21.0. The van der Waals surface area contributed by atoms with E-state index in [1.165, 1.54) is 11.8 Å². The maximum atomic E-state index is 12.2. The Morgan fingerprint density at radius 3 is 2.64 bits per heavy atom. The van der Waals surface area contributed by atoms with Gasteiger partial charge in [-0.15, -0.1) is 11.8 Å². The van der Waals surface area contributed by atoms with Crippen molar-refractivity contribution in [3.8, 4) is 22.9 Å². The van der Waals surface area contributed by atoms with Gasteiger partial charge in [-0.05, 0) is 31.2 Å². The van der Waals surface area contributed by atoms with Crippen LogP contribution in [0.5, 0.6) is 11.5 Å². The number of thioether (sulfide) groups is 1. The second-order valence-electron chi connectivity index (χ2n) is 5.76. The van der Waals surface area contributed by atoms with Crippen molar-refractivity contribution in [2.75, 3.05) is 14.2 Å². The van der Waals surface area contributed by atoms with E-state index in [4.69, 9.17) is 18.7 Å². The summed E-state index contributed by atoms with van der Waals surface area (Å²) in [6.45, 7) is 1.70. The van der Waals surface area contributed by atoms with Gasteiger partial charge < -0.3 is 18.7 Å². The van der Waals surface area contributed by atoms with Gasteiger partial charge in [0.15, 0.2) is 6.61 Å². The van der Waals surface area contributed by atoms with Gasteiger partial charge in [0, 0.05) is 11.0 Å². The maximum absolute atomic E-state index is 12.2. The number of carbonyl (C=O) groups excluding carboxylic acids is 1. The normalized spacial score (nSPS) is 11.7. The summed E-state index contributed by atoms with van der Waals surface area (Å²) in [6.07, 6.45) is 0. The summed E-state index contributed by atoms with van der Waals surface area (Å²) in [5.74, 6) is 1.41. The molecule has 0 bridgehead atoms. The summed E-state index contributed by atoms with van der Waals surface area (Å²) >= 11 is 1.43.